The summed E-state index contributed by atoms with van der Waals surface area (Å²) in [6.45, 7) is 0.0765. The van der Waals surface area contributed by atoms with Gasteiger partial charge in [-0.3, -0.25) is 14.4 Å². The van der Waals surface area contributed by atoms with Crippen molar-refractivity contribution in [3.63, 3.8) is 0 Å². The fourth-order valence-electron chi connectivity index (χ4n) is 2.29. The molecule has 0 aromatic heterocycles. The van der Waals surface area contributed by atoms with Gasteiger partial charge >= 0.3 is 0 Å². The third-order valence-electron chi connectivity index (χ3n) is 3.44. The fourth-order valence-corrected chi connectivity index (χ4v) is 3.96. The molecule has 0 aliphatic rings. The van der Waals surface area contributed by atoms with Gasteiger partial charge in [-0.15, -0.1) is 0 Å². The molecule has 0 fully saturated rings. The van der Waals surface area contributed by atoms with E-state index < -0.39 is 20.6 Å². The number of anilines is 1. The number of benzene rings is 2. The molecule has 0 bridgehead atoms. The molecule has 2 aromatic rings. The Morgan fingerprint density at radius 1 is 1.00 bits per heavy atom. The first-order chi connectivity index (χ1) is 11.5. The lowest BCUT2D eigenvalue weighted by atomic mass is 10.3. The minimum absolute atomic E-state index is 0.0475. The maximum atomic E-state index is 13.0. The van der Waals surface area contributed by atoms with Gasteiger partial charge in [0.15, 0.2) is 4.90 Å². The highest BCUT2D eigenvalue weighted by molar-refractivity contribution is 7.93. The van der Waals surface area contributed by atoms with Crippen LogP contribution in [0.1, 0.15) is 12.8 Å². The van der Waals surface area contributed by atoms with E-state index in [4.69, 9.17) is 5.11 Å². The molecule has 0 heterocycles. The van der Waals surface area contributed by atoms with Crippen molar-refractivity contribution in [3.8, 4) is 0 Å². The Morgan fingerprint density at radius 3 is 2.25 bits per heavy atom. The van der Waals surface area contributed by atoms with Crippen LogP contribution in [0.25, 0.3) is 0 Å². The van der Waals surface area contributed by atoms with Crippen LogP contribution < -0.4 is 4.31 Å². The molecule has 0 atom stereocenters. The summed E-state index contributed by atoms with van der Waals surface area (Å²) >= 11 is 0. The molecule has 0 aliphatic heterocycles. The van der Waals surface area contributed by atoms with Crippen molar-refractivity contribution in [3.05, 3.63) is 64.7 Å². The number of nitro groups is 1. The Hall–Kier alpha value is -2.45. The van der Waals surface area contributed by atoms with E-state index in [1.54, 1.807) is 30.3 Å². The van der Waals surface area contributed by atoms with Crippen molar-refractivity contribution in [2.45, 2.75) is 17.7 Å². The first-order valence-corrected chi connectivity index (χ1v) is 8.84. The molecule has 0 spiro atoms. The fraction of sp³-hybridized carbons (Fsp3) is 0.250. The van der Waals surface area contributed by atoms with Crippen molar-refractivity contribution in [2.75, 3.05) is 17.5 Å². The second-order valence-corrected chi connectivity index (χ2v) is 6.90. The van der Waals surface area contributed by atoms with Crippen LogP contribution in [0.4, 0.5) is 11.4 Å². The molecule has 0 amide bonds. The van der Waals surface area contributed by atoms with Gasteiger partial charge in [-0.1, -0.05) is 30.3 Å². The van der Waals surface area contributed by atoms with E-state index in [1.165, 1.54) is 24.3 Å². The largest absolute Gasteiger partial charge is 0.396 e. The molecular weight excluding hydrogens is 332 g/mol. The number of aliphatic hydroxyl groups is 1. The maximum absolute atomic E-state index is 13.0. The van der Waals surface area contributed by atoms with Crippen LogP contribution in [0.15, 0.2) is 59.5 Å². The van der Waals surface area contributed by atoms with Crippen molar-refractivity contribution in [1.29, 1.82) is 0 Å². The third-order valence-corrected chi connectivity index (χ3v) is 5.32. The van der Waals surface area contributed by atoms with Gasteiger partial charge in [-0.25, -0.2) is 8.42 Å². The molecule has 2 aromatic carbocycles. The number of rotatable bonds is 8. The SMILES string of the molecule is O=[N+]([O-])c1ccccc1S(=O)(=O)N(CCCCO)c1ccccc1. The van der Waals surface area contributed by atoms with Crippen molar-refractivity contribution >= 4 is 21.4 Å². The van der Waals surface area contributed by atoms with Crippen LogP contribution in [0.5, 0.6) is 0 Å². The third kappa shape index (κ3) is 3.90. The van der Waals surface area contributed by atoms with Crippen LogP contribution in [-0.4, -0.2) is 31.6 Å². The Labute approximate surface area is 140 Å². The molecule has 0 saturated heterocycles. The van der Waals surface area contributed by atoms with E-state index in [1.807, 2.05) is 0 Å². The topological polar surface area (TPSA) is 101 Å². The molecule has 0 radical (unpaired) electrons. The Morgan fingerprint density at radius 2 is 1.62 bits per heavy atom. The van der Waals surface area contributed by atoms with Crippen LogP contribution in [0.2, 0.25) is 0 Å². The van der Waals surface area contributed by atoms with Gasteiger partial charge in [0.1, 0.15) is 0 Å². The van der Waals surface area contributed by atoms with Crippen molar-refractivity contribution in [2.24, 2.45) is 0 Å². The van der Waals surface area contributed by atoms with Crippen LogP contribution in [0.3, 0.4) is 0 Å². The summed E-state index contributed by atoms with van der Waals surface area (Å²) < 4.78 is 27.2. The highest BCUT2D eigenvalue weighted by Gasteiger charge is 2.31. The zero-order chi connectivity index (χ0) is 17.6. The van der Waals surface area contributed by atoms with Gasteiger partial charge in [0.2, 0.25) is 0 Å². The highest BCUT2D eigenvalue weighted by Crippen LogP contribution is 2.29. The minimum Gasteiger partial charge on any atom is -0.396 e. The van der Waals surface area contributed by atoms with E-state index in [0.29, 0.717) is 18.5 Å². The molecule has 2 rings (SSSR count). The van der Waals surface area contributed by atoms with E-state index >= 15 is 0 Å². The zero-order valence-corrected chi connectivity index (χ0v) is 13.7. The number of para-hydroxylation sites is 2. The zero-order valence-electron chi connectivity index (χ0n) is 12.9. The van der Waals surface area contributed by atoms with Gasteiger partial charge in [-0.2, -0.15) is 0 Å². The first-order valence-electron chi connectivity index (χ1n) is 7.40. The molecule has 0 aliphatic carbocycles. The molecular formula is C16H18N2O5S. The van der Waals surface area contributed by atoms with E-state index in [2.05, 4.69) is 0 Å². The van der Waals surface area contributed by atoms with Crippen LogP contribution >= 0.6 is 0 Å². The lowest BCUT2D eigenvalue weighted by Gasteiger charge is -2.24. The number of aliphatic hydroxyl groups excluding tert-OH is 1. The number of nitro benzene ring substituents is 1. The number of sulfonamides is 1. The van der Waals surface area contributed by atoms with Gasteiger partial charge in [0, 0.05) is 19.2 Å². The highest BCUT2D eigenvalue weighted by atomic mass is 32.2. The molecule has 128 valence electrons. The van der Waals surface area contributed by atoms with Gasteiger partial charge in [0.05, 0.1) is 10.6 Å². The number of unbranched alkanes of at least 4 members (excludes halogenated alkanes) is 1. The standard InChI is InChI=1S/C16H18N2O5S/c19-13-7-6-12-17(14-8-2-1-3-9-14)24(22,23)16-11-5-4-10-15(16)18(20)21/h1-5,8-11,19H,6-7,12-13H2. The Kier molecular flexibility index (Phi) is 5.88. The van der Waals surface area contributed by atoms with Gasteiger partial charge in [0.25, 0.3) is 15.7 Å². The molecule has 7 nitrogen and oxygen atoms in total. The number of hydrogen-bond acceptors (Lipinski definition) is 5. The quantitative estimate of drug-likeness (QED) is 0.448. The molecule has 1 N–H and O–H groups in total. The lowest BCUT2D eigenvalue weighted by Crippen LogP contribution is -2.32. The average molecular weight is 350 g/mol. The average Bonchev–Trinajstić information content (AvgIpc) is 2.59. The van der Waals surface area contributed by atoms with Gasteiger partial charge in [-0.05, 0) is 31.0 Å². The molecule has 8 heteroatoms. The Bertz CT molecular complexity index is 793. The molecule has 0 unspecified atom stereocenters. The number of nitrogens with zero attached hydrogens (tertiary/aromatic N) is 2. The smallest absolute Gasteiger partial charge is 0.289 e. The monoisotopic (exact) mass is 350 g/mol. The van der Waals surface area contributed by atoms with Gasteiger partial charge < -0.3 is 5.11 Å². The normalized spacial score (nSPS) is 11.2. The summed E-state index contributed by atoms with van der Waals surface area (Å²) in [5.74, 6) is 0. The second kappa shape index (κ2) is 7.89. The number of hydrogen-bond donors (Lipinski definition) is 1. The summed E-state index contributed by atoms with van der Waals surface area (Å²) in [4.78, 5) is 10.1. The van der Waals surface area contributed by atoms with Crippen molar-refractivity contribution < 1.29 is 18.4 Å². The van der Waals surface area contributed by atoms with Crippen LogP contribution in [-0.2, 0) is 10.0 Å². The lowest BCUT2D eigenvalue weighted by molar-refractivity contribution is -0.387. The van der Waals surface area contributed by atoms with E-state index in [-0.39, 0.29) is 18.0 Å². The summed E-state index contributed by atoms with van der Waals surface area (Å²) in [5, 5.41) is 20.1. The first kappa shape index (κ1) is 17.9. The second-order valence-electron chi connectivity index (χ2n) is 5.07. The minimum atomic E-state index is -4.10. The summed E-state index contributed by atoms with van der Waals surface area (Å²) in [6, 6.07) is 13.7. The van der Waals surface area contributed by atoms with E-state index in [9.17, 15) is 18.5 Å². The summed E-state index contributed by atoms with van der Waals surface area (Å²) in [5.41, 5.74) is -0.0332. The van der Waals surface area contributed by atoms with E-state index in [0.717, 1.165) is 4.31 Å². The predicted molar refractivity (Wildman–Crippen MR) is 90.4 cm³/mol. The maximum Gasteiger partial charge on any atom is 0.289 e. The molecule has 24 heavy (non-hydrogen) atoms. The Balaban J connectivity index is 2.50. The molecule has 0 saturated carbocycles. The summed E-state index contributed by atoms with van der Waals surface area (Å²) in [7, 11) is -4.10. The summed E-state index contributed by atoms with van der Waals surface area (Å²) in [6.07, 6.45) is 0.876. The van der Waals surface area contributed by atoms with Crippen molar-refractivity contribution in [1.82, 2.24) is 0 Å². The van der Waals surface area contributed by atoms with Crippen LogP contribution in [0, 0.1) is 10.1 Å². The predicted octanol–water partition coefficient (Wildman–Crippen LogP) is 2.56.